The van der Waals surface area contributed by atoms with Gasteiger partial charge in [-0.05, 0) is 69.0 Å². The molecule has 2 amide bonds. The predicted molar refractivity (Wildman–Crippen MR) is 134 cm³/mol. The molecule has 35 heavy (non-hydrogen) atoms. The van der Waals surface area contributed by atoms with Crippen molar-refractivity contribution in [3.8, 4) is 22.9 Å². The fourth-order valence-corrected chi connectivity index (χ4v) is 4.97. The lowest BCUT2D eigenvalue weighted by atomic mass is 9.94. The molecule has 2 aliphatic rings. The summed E-state index contributed by atoms with van der Waals surface area (Å²) in [6.45, 7) is 5.04. The third-order valence-corrected chi connectivity index (χ3v) is 7.15. The van der Waals surface area contributed by atoms with Gasteiger partial charge >= 0.3 is 0 Å². The summed E-state index contributed by atoms with van der Waals surface area (Å²) in [5.41, 5.74) is 3.44. The van der Waals surface area contributed by atoms with Gasteiger partial charge in [-0.1, -0.05) is 30.5 Å². The molecule has 7 nitrogen and oxygen atoms in total. The van der Waals surface area contributed by atoms with E-state index in [2.05, 4.69) is 15.1 Å². The highest BCUT2D eigenvalue weighted by atomic mass is 16.4. The minimum atomic E-state index is 0.00287. The second-order valence-electron chi connectivity index (χ2n) is 9.66. The SMILES string of the molecule is Cc1ccc(-c2nnc(-c3ccc(C(=O)N4CCC(C(=O)N5CCCCCC5)CC4)cc3)o2)cc1. The second kappa shape index (κ2) is 10.4. The number of nitrogens with zero attached hydrogens (tertiary/aromatic N) is 4. The van der Waals surface area contributed by atoms with Crippen LogP contribution < -0.4 is 0 Å². The molecule has 3 aromatic rings. The van der Waals surface area contributed by atoms with Crippen LogP contribution in [0.3, 0.4) is 0 Å². The van der Waals surface area contributed by atoms with Crippen LogP contribution in [0.4, 0.5) is 0 Å². The number of carbonyl (C=O) groups is 2. The molecule has 0 radical (unpaired) electrons. The Labute approximate surface area is 206 Å². The molecule has 1 aromatic heterocycles. The quantitative estimate of drug-likeness (QED) is 0.536. The number of piperidine rings is 1. The molecule has 0 unspecified atom stereocenters. The minimum Gasteiger partial charge on any atom is -0.416 e. The summed E-state index contributed by atoms with van der Waals surface area (Å²) < 4.78 is 5.85. The van der Waals surface area contributed by atoms with Crippen molar-refractivity contribution in [3.63, 3.8) is 0 Å². The Morgan fingerprint density at radius 3 is 1.86 bits per heavy atom. The lowest BCUT2D eigenvalue weighted by molar-refractivity contribution is -0.136. The van der Waals surface area contributed by atoms with Gasteiger partial charge in [-0.25, -0.2) is 0 Å². The van der Waals surface area contributed by atoms with Crippen molar-refractivity contribution in [2.75, 3.05) is 26.2 Å². The van der Waals surface area contributed by atoms with E-state index < -0.39 is 0 Å². The highest BCUT2D eigenvalue weighted by Crippen LogP contribution is 2.26. The maximum atomic E-state index is 13.1. The molecule has 3 heterocycles. The molecular formula is C28H32N4O3. The zero-order valence-electron chi connectivity index (χ0n) is 20.3. The molecule has 0 aliphatic carbocycles. The van der Waals surface area contributed by atoms with Crippen molar-refractivity contribution in [2.45, 2.75) is 45.4 Å². The van der Waals surface area contributed by atoms with Crippen LogP contribution in [-0.2, 0) is 4.79 Å². The third-order valence-electron chi connectivity index (χ3n) is 7.15. The van der Waals surface area contributed by atoms with Crippen LogP contribution in [0.2, 0.25) is 0 Å². The van der Waals surface area contributed by atoms with Crippen molar-refractivity contribution in [1.29, 1.82) is 0 Å². The first kappa shape index (κ1) is 23.3. The normalized spacial score (nSPS) is 17.3. The lowest BCUT2D eigenvalue weighted by Gasteiger charge is -2.34. The van der Waals surface area contributed by atoms with E-state index in [1.54, 1.807) is 0 Å². The zero-order valence-corrected chi connectivity index (χ0v) is 20.3. The minimum absolute atomic E-state index is 0.00287. The summed E-state index contributed by atoms with van der Waals surface area (Å²) in [7, 11) is 0. The standard InChI is InChI=1S/C28H32N4O3/c1-20-6-8-21(9-7-20)25-29-30-26(35-25)22-10-12-23(13-11-22)27(33)32-18-14-24(15-19-32)28(34)31-16-4-2-3-5-17-31/h6-13,24H,2-5,14-19H2,1H3. The molecule has 7 heteroatoms. The van der Waals surface area contributed by atoms with Gasteiger partial charge in [-0.3, -0.25) is 9.59 Å². The van der Waals surface area contributed by atoms with Gasteiger partial charge in [-0.15, -0.1) is 10.2 Å². The molecule has 182 valence electrons. The average molecular weight is 473 g/mol. The van der Waals surface area contributed by atoms with Crippen LogP contribution in [0.15, 0.2) is 52.9 Å². The van der Waals surface area contributed by atoms with E-state index in [4.69, 9.17) is 4.42 Å². The molecule has 2 aromatic carbocycles. The van der Waals surface area contributed by atoms with Crippen LogP contribution in [0.1, 0.15) is 54.4 Å². The van der Waals surface area contributed by atoms with Crippen molar-refractivity contribution in [1.82, 2.24) is 20.0 Å². The van der Waals surface area contributed by atoms with Crippen molar-refractivity contribution in [3.05, 3.63) is 59.7 Å². The van der Waals surface area contributed by atoms with Crippen molar-refractivity contribution >= 4 is 11.8 Å². The Kier molecular flexibility index (Phi) is 6.93. The Hall–Kier alpha value is -3.48. The molecule has 5 rings (SSSR count). The number of likely N-dealkylation sites (tertiary alicyclic amines) is 2. The maximum absolute atomic E-state index is 13.1. The van der Waals surface area contributed by atoms with Crippen LogP contribution in [0, 0.1) is 12.8 Å². The molecule has 2 fully saturated rings. The first-order chi connectivity index (χ1) is 17.1. The van der Waals surface area contributed by atoms with E-state index in [-0.39, 0.29) is 17.7 Å². The lowest BCUT2D eigenvalue weighted by Crippen LogP contribution is -2.44. The van der Waals surface area contributed by atoms with Gasteiger partial charge in [0.15, 0.2) is 0 Å². The number of amides is 2. The molecule has 2 aliphatic heterocycles. The predicted octanol–water partition coefficient (Wildman–Crippen LogP) is 4.97. The Balaban J connectivity index is 1.18. The van der Waals surface area contributed by atoms with Gasteiger partial charge in [0.05, 0.1) is 0 Å². The van der Waals surface area contributed by atoms with E-state index in [0.29, 0.717) is 30.4 Å². The smallest absolute Gasteiger partial charge is 0.253 e. The Bertz CT molecular complexity index is 1150. The summed E-state index contributed by atoms with van der Waals surface area (Å²) >= 11 is 0. The van der Waals surface area contributed by atoms with E-state index >= 15 is 0 Å². The van der Waals surface area contributed by atoms with Gasteiger partial charge in [0.2, 0.25) is 17.7 Å². The van der Waals surface area contributed by atoms with Crippen LogP contribution in [0.5, 0.6) is 0 Å². The van der Waals surface area contributed by atoms with E-state index in [1.807, 2.05) is 60.4 Å². The number of hydrogen-bond acceptors (Lipinski definition) is 5. The topological polar surface area (TPSA) is 79.5 Å². The molecule has 0 atom stereocenters. The Morgan fingerprint density at radius 2 is 1.29 bits per heavy atom. The van der Waals surface area contributed by atoms with Gasteiger partial charge in [0.25, 0.3) is 5.91 Å². The van der Waals surface area contributed by atoms with Gasteiger partial charge in [0.1, 0.15) is 0 Å². The second-order valence-corrected chi connectivity index (χ2v) is 9.66. The summed E-state index contributed by atoms with van der Waals surface area (Å²) in [5.74, 6) is 1.22. The average Bonchev–Trinajstić information content (AvgIpc) is 3.24. The first-order valence-electron chi connectivity index (χ1n) is 12.7. The third kappa shape index (κ3) is 5.29. The maximum Gasteiger partial charge on any atom is 0.253 e. The molecule has 0 spiro atoms. The summed E-state index contributed by atoms with van der Waals surface area (Å²) in [4.78, 5) is 29.9. The van der Waals surface area contributed by atoms with Gasteiger partial charge < -0.3 is 14.2 Å². The number of aromatic nitrogens is 2. The molecule has 0 N–H and O–H groups in total. The van der Waals surface area contributed by atoms with E-state index in [9.17, 15) is 9.59 Å². The molecular weight excluding hydrogens is 440 g/mol. The highest BCUT2D eigenvalue weighted by molar-refractivity contribution is 5.94. The number of benzene rings is 2. The van der Waals surface area contributed by atoms with Crippen molar-refractivity contribution in [2.24, 2.45) is 5.92 Å². The molecule has 2 saturated heterocycles. The first-order valence-corrected chi connectivity index (χ1v) is 12.7. The van der Waals surface area contributed by atoms with E-state index in [1.165, 1.54) is 18.4 Å². The van der Waals surface area contributed by atoms with Crippen molar-refractivity contribution < 1.29 is 14.0 Å². The molecule has 0 saturated carbocycles. The summed E-state index contributed by atoms with van der Waals surface area (Å²) in [5, 5.41) is 8.33. The number of carbonyl (C=O) groups excluding carboxylic acids is 2. The zero-order chi connectivity index (χ0) is 24.2. The fraction of sp³-hybridized carbons (Fsp3) is 0.429. The van der Waals surface area contributed by atoms with Crippen LogP contribution >= 0.6 is 0 Å². The number of aryl methyl sites for hydroxylation is 1. The number of rotatable bonds is 4. The Morgan fingerprint density at radius 1 is 0.743 bits per heavy atom. The van der Waals surface area contributed by atoms with E-state index in [0.717, 1.165) is 49.9 Å². The molecule has 0 bridgehead atoms. The summed E-state index contributed by atoms with van der Waals surface area (Å²) in [6.07, 6.45) is 6.13. The van der Waals surface area contributed by atoms with Crippen LogP contribution in [-0.4, -0.2) is 58.0 Å². The van der Waals surface area contributed by atoms with Crippen LogP contribution in [0.25, 0.3) is 22.9 Å². The van der Waals surface area contributed by atoms with Gasteiger partial charge in [0, 0.05) is 48.8 Å². The fourth-order valence-electron chi connectivity index (χ4n) is 4.97. The highest BCUT2D eigenvalue weighted by Gasteiger charge is 2.30. The largest absolute Gasteiger partial charge is 0.416 e. The monoisotopic (exact) mass is 472 g/mol. The van der Waals surface area contributed by atoms with Gasteiger partial charge in [-0.2, -0.15) is 0 Å². The number of hydrogen-bond donors (Lipinski definition) is 0. The summed E-state index contributed by atoms with van der Waals surface area (Å²) in [6, 6.07) is 15.2.